The summed E-state index contributed by atoms with van der Waals surface area (Å²) in [7, 11) is 0. The van der Waals surface area contributed by atoms with Crippen LogP contribution in [-0.4, -0.2) is 36.6 Å². The SMILES string of the molecule is C/C=C/C=C/C(=O)N1C[C@H](c2ccccc2)[C@H]2COCC[C@H]21. The van der Waals surface area contributed by atoms with E-state index in [-0.39, 0.29) is 5.91 Å². The number of fused-ring (bicyclic) bond motifs is 1. The lowest BCUT2D eigenvalue weighted by Gasteiger charge is -2.32. The minimum Gasteiger partial charge on any atom is -0.381 e. The lowest BCUT2D eigenvalue weighted by Crippen LogP contribution is -2.41. The molecule has 2 heterocycles. The van der Waals surface area contributed by atoms with Gasteiger partial charge in [0.05, 0.1) is 6.61 Å². The van der Waals surface area contributed by atoms with Gasteiger partial charge in [0.1, 0.15) is 0 Å². The standard InChI is InChI=1S/C19H23NO2/c1-2-3-5-10-19(21)20-13-16(15-8-6-4-7-9-15)17-14-22-12-11-18(17)20/h2-10,16-18H,11-14H2,1H3/b3-2+,10-5+/t16-,17-,18-/m1/s1. The Morgan fingerprint density at radius 2 is 2.09 bits per heavy atom. The summed E-state index contributed by atoms with van der Waals surface area (Å²) in [4.78, 5) is 14.6. The predicted molar refractivity (Wildman–Crippen MR) is 87.6 cm³/mol. The molecular formula is C19H23NO2. The molecule has 2 aliphatic rings. The van der Waals surface area contributed by atoms with Gasteiger partial charge in [-0.3, -0.25) is 4.79 Å². The fourth-order valence-corrected chi connectivity index (χ4v) is 3.65. The van der Waals surface area contributed by atoms with Gasteiger partial charge >= 0.3 is 0 Å². The third-order valence-corrected chi connectivity index (χ3v) is 4.73. The van der Waals surface area contributed by atoms with Crippen LogP contribution in [0.15, 0.2) is 54.6 Å². The van der Waals surface area contributed by atoms with Crippen LogP contribution in [-0.2, 0) is 9.53 Å². The van der Waals surface area contributed by atoms with E-state index >= 15 is 0 Å². The Hall–Kier alpha value is -1.87. The molecule has 2 fully saturated rings. The maximum absolute atomic E-state index is 12.5. The summed E-state index contributed by atoms with van der Waals surface area (Å²) >= 11 is 0. The zero-order valence-electron chi connectivity index (χ0n) is 13.0. The molecule has 0 unspecified atom stereocenters. The molecule has 2 saturated heterocycles. The maximum Gasteiger partial charge on any atom is 0.246 e. The zero-order valence-corrected chi connectivity index (χ0v) is 13.0. The second-order valence-electron chi connectivity index (χ2n) is 5.99. The first-order valence-corrected chi connectivity index (χ1v) is 8.04. The monoisotopic (exact) mass is 297 g/mol. The van der Waals surface area contributed by atoms with Crippen molar-refractivity contribution in [1.29, 1.82) is 0 Å². The number of likely N-dealkylation sites (tertiary alicyclic amines) is 1. The van der Waals surface area contributed by atoms with Crippen molar-refractivity contribution in [2.24, 2.45) is 5.92 Å². The minimum absolute atomic E-state index is 0.119. The van der Waals surface area contributed by atoms with Crippen molar-refractivity contribution in [3.63, 3.8) is 0 Å². The molecule has 116 valence electrons. The van der Waals surface area contributed by atoms with Crippen LogP contribution in [0, 0.1) is 5.92 Å². The van der Waals surface area contributed by atoms with Crippen molar-refractivity contribution in [3.05, 3.63) is 60.2 Å². The second-order valence-corrected chi connectivity index (χ2v) is 5.99. The number of carbonyl (C=O) groups excluding carboxylic acids is 1. The van der Waals surface area contributed by atoms with Crippen molar-refractivity contribution in [2.75, 3.05) is 19.8 Å². The molecule has 3 heteroatoms. The van der Waals surface area contributed by atoms with Crippen molar-refractivity contribution in [2.45, 2.75) is 25.3 Å². The number of hydrogen-bond acceptors (Lipinski definition) is 2. The van der Waals surface area contributed by atoms with Gasteiger partial charge in [-0.1, -0.05) is 48.6 Å². The number of nitrogens with zero attached hydrogens (tertiary/aromatic N) is 1. The molecule has 3 atom stereocenters. The molecule has 0 N–H and O–H groups in total. The zero-order chi connectivity index (χ0) is 15.4. The highest BCUT2D eigenvalue weighted by atomic mass is 16.5. The molecule has 1 aromatic rings. The first-order valence-electron chi connectivity index (χ1n) is 8.04. The first kappa shape index (κ1) is 15.0. The van der Waals surface area contributed by atoms with Crippen LogP contribution in [0.1, 0.15) is 24.8 Å². The van der Waals surface area contributed by atoms with E-state index in [0.29, 0.717) is 17.9 Å². The second kappa shape index (κ2) is 6.93. The highest BCUT2D eigenvalue weighted by Crippen LogP contribution is 2.40. The smallest absolute Gasteiger partial charge is 0.246 e. The number of rotatable bonds is 3. The Morgan fingerprint density at radius 3 is 2.86 bits per heavy atom. The number of hydrogen-bond donors (Lipinski definition) is 0. The summed E-state index contributed by atoms with van der Waals surface area (Å²) in [5, 5.41) is 0. The van der Waals surface area contributed by atoms with Gasteiger partial charge < -0.3 is 9.64 Å². The number of benzene rings is 1. The summed E-state index contributed by atoms with van der Waals surface area (Å²) in [6.07, 6.45) is 8.27. The molecule has 0 bridgehead atoms. The van der Waals surface area contributed by atoms with Gasteiger partial charge in [0.25, 0.3) is 0 Å². The van der Waals surface area contributed by atoms with Crippen LogP contribution in [0.5, 0.6) is 0 Å². The van der Waals surface area contributed by atoms with Gasteiger partial charge in [0, 0.05) is 37.1 Å². The predicted octanol–water partition coefficient (Wildman–Crippen LogP) is 3.15. The minimum atomic E-state index is 0.119. The largest absolute Gasteiger partial charge is 0.381 e. The average Bonchev–Trinajstić information content (AvgIpc) is 2.95. The Morgan fingerprint density at radius 1 is 1.27 bits per heavy atom. The Bertz CT molecular complexity index is 564. The number of ether oxygens (including phenoxy) is 1. The average molecular weight is 297 g/mol. The lowest BCUT2D eigenvalue weighted by molar-refractivity contribution is -0.128. The molecule has 0 aromatic heterocycles. The number of amides is 1. The Kier molecular flexibility index (Phi) is 4.74. The van der Waals surface area contributed by atoms with Crippen molar-refractivity contribution >= 4 is 5.91 Å². The Balaban J connectivity index is 1.82. The van der Waals surface area contributed by atoms with Crippen LogP contribution < -0.4 is 0 Å². The summed E-state index contributed by atoms with van der Waals surface area (Å²) in [6.45, 7) is 4.25. The number of carbonyl (C=O) groups is 1. The van der Waals surface area contributed by atoms with E-state index in [0.717, 1.165) is 26.2 Å². The summed E-state index contributed by atoms with van der Waals surface area (Å²) in [5.41, 5.74) is 1.32. The van der Waals surface area contributed by atoms with Crippen molar-refractivity contribution < 1.29 is 9.53 Å². The summed E-state index contributed by atoms with van der Waals surface area (Å²) < 4.78 is 5.69. The molecule has 1 aromatic carbocycles. The quantitative estimate of drug-likeness (QED) is 0.633. The molecule has 0 radical (unpaired) electrons. The first-order chi connectivity index (χ1) is 10.8. The van der Waals surface area contributed by atoms with Crippen LogP contribution in [0.2, 0.25) is 0 Å². The molecule has 0 saturated carbocycles. The van der Waals surface area contributed by atoms with Gasteiger partial charge in [0.15, 0.2) is 0 Å². The van der Waals surface area contributed by atoms with E-state index in [2.05, 4.69) is 24.3 Å². The molecule has 3 rings (SSSR count). The normalized spacial score (nSPS) is 28.4. The topological polar surface area (TPSA) is 29.5 Å². The van der Waals surface area contributed by atoms with Gasteiger partial charge in [-0.15, -0.1) is 0 Å². The summed E-state index contributed by atoms with van der Waals surface area (Å²) in [5.74, 6) is 0.911. The van der Waals surface area contributed by atoms with Crippen molar-refractivity contribution in [3.8, 4) is 0 Å². The molecule has 1 amide bonds. The van der Waals surface area contributed by atoms with Gasteiger partial charge in [-0.05, 0) is 18.9 Å². The molecular weight excluding hydrogens is 274 g/mol. The maximum atomic E-state index is 12.5. The van der Waals surface area contributed by atoms with E-state index < -0.39 is 0 Å². The van der Waals surface area contributed by atoms with Crippen molar-refractivity contribution in [1.82, 2.24) is 4.90 Å². The van der Waals surface area contributed by atoms with E-state index in [9.17, 15) is 4.79 Å². The van der Waals surface area contributed by atoms with E-state index in [1.807, 2.05) is 36.1 Å². The van der Waals surface area contributed by atoms with E-state index in [1.54, 1.807) is 6.08 Å². The van der Waals surface area contributed by atoms with Crippen LogP contribution in [0.3, 0.4) is 0 Å². The third kappa shape index (κ3) is 3.00. The lowest BCUT2D eigenvalue weighted by atomic mass is 9.84. The molecule has 0 aliphatic carbocycles. The number of allylic oxidation sites excluding steroid dienone is 3. The molecule has 22 heavy (non-hydrogen) atoms. The molecule has 2 aliphatic heterocycles. The summed E-state index contributed by atoms with van der Waals surface area (Å²) in [6, 6.07) is 10.8. The van der Waals surface area contributed by atoms with Crippen LogP contribution in [0.4, 0.5) is 0 Å². The fourth-order valence-electron chi connectivity index (χ4n) is 3.65. The third-order valence-electron chi connectivity index (χ3n) is 4.73. The van der Waals surface area contributed by atoms with E-state index in [1.165, 1.54) is 5.56 Å². The Labute approximate surface area is 132 Å². The van der Waals surface area contributed by atoms with E-state index in [4.69, 9.17) is 4.74 Å². The highest BCUT2D eigenvalue weighted by Gasteiger charge is 2.45. The molecule has 0 spiro atoms. The van der Waals surface area contributed by atoms with Crippen LogP contribution >= 0.6 is 0 Å². The highest BCUT2D eigenvalue weighted by molar-refractivity contribution is 5.88. The molecule has 3 nitrogen and oxygen atoms in total. The van der Waals surface area contributed by atoms with Gasteiger partial charge in [-0.25, -0.2) is 0 Å². The van der Waals surface area contributed by atoms with Gasteiger partial charge in [-0.2, -0.15) is 0 Å². The van der Waals surface area contributed by atoms with Crippen LogP contribution in [0.25, 0.3) is 0 Å². The van der Waals surface area contributed by atoms with Gasteiger partial charge in [0.2, 0.25) is 5.91 Å². The fraction of sp³-hybridized carbons (Fsp3) is 0.421.